The molecule has 3 aromatic rings. The number of likely N-dealkylation sites (N-methyl/N-ethyl adjacent to an activating group) is 1. The molecule has 1 unspecified atom stereocenters. The summed E-state index contributed by atoms with van der Waals surface area (Å²) in [6.07, 6.45) is 1.95. The lowest BCUT2D eigenvalue weighted by molar-refractivity contribution is 0.0341. The molecule has 0 bridgehead atoms. The SMILES string of the molecule is CN1C(=O)c2c(OCc3ccccc3)c(=O)c(C(=O)NCc3ccc(F)cc3F)cn2CC12CCOC2. The minimum absolute atomic E-state index is 0.0141. The molecule has 1 spiro atoms. The van der Waals surface area contributed by atoms with Crippen LogP contribution in [0.1, 0.15) is 38.4 Å². The fourth-order valence-corrected chi connectivity index (χ4v) is 4.73. The second kappa shape index (κ2) is 9.78. The number of hydrogen-bond acceptors (Lipinski definition) is 5. The van der Waals surface area contributed by atoms with E-state index in [4.69, 9.17) is 9.47 Å². The highest BCUT2D eigenvalue weighted by Crippen LogP contribution is 2.35. The number of halogens is 2. The molecule has 1 aromatic heterocycles. The van der Waals surface area contributed by atoms with Gasteiger partial charge in [-0.05, 0) is 18.1 Å². The third kappa shape index (κ3) is 4.60. The van der Waals surface area contributed by atoms with Crippen LogP contribution < -0.4 is 15.5 Å². The van der Waals surface area contributed by atoms with Gasteiger partial charge < -0.3 is 24.3 Å². The number of amides is 2. The van der Waals surface area contributed by atoms with Crippen molar-refractivity contribution < 1.29 is 27.8 Å². The maximum atomic E-state index is 14.1. The van der Waals surface area contributed by atoms with Gasteiger partial charge in [-0.3, -0.25) is 14.4 Å². The van der Waals surface area contributed by atoms with Crippen LogP contribution in [-0.2, 0) is 24.4 Å². The van der Waals surface area contributed by atoms with Gasteiger partial charge in [0.2, 0.25) is 5.43 Å². The normalized spacial score (nSPS) is 18.7. The molecular weight excluding hydrogens is 484 g/mol. The number of benzene rings is 2. The largest absolute Gasteiger partial charge is 0.483 e. The van der Waals surface area contributed by atoms with Crippen molar-refractivity contribution in [3.8, 4) is 5.75 Å². The van der Waals surface area contributed by atoms with E-state index in [1.165, 1.54) is 12.3 Å². The van der Waals surface area contributed by atoms with E-state index in [-0.39, 0.29) is 35.7 Å². The van der Waals surface area contributed by atoms with Crippen molar-refractivity contribution in [3.05, 3.63) is 99.0 Å². The van der Waals surface area contributed by atoms with Crippen LogP contribution in [0, 0.1) is 11.6 Å². The molecule has 37 heavy (non-hydrogen) atoms. The Labute approximate surface area is 211 Å². The molecule has 1 saturated heterocycles. The number of carbonyl (C=O) groups is 2. The molecular formula is C27H25F2N3O5. The van der Waals surface area contributed by atoms with E-state index in [1.807, 2.05) is 30.3 Å². The van der Waals surface area contributed by atoms with Gasteiger partial charge in [0.15, 0.2) is 11.4 Å². The van der Waals surface area contributed by atoms with Crippen molar-refractivity contribution in [2.75, 3.05) is 20.3 Å². The molecule has 8 nitrogen and oxygen atoms in total. The number of aromatic nitrogens is 1. The summed E-state index contributed by atoms with van der Waals surface area (Å²) in [6, 6.07) is 12.1. The summed E-state index contributed by atoms with van der Waals surface area (Å²) in [5.41, 5.74) is -0.713. The van der Waals surface area contributed by atoms with Gasteiger partial charge in [0.05, 0.1) is 12.1 Å². The lowest BCUT2D eigenvalue weighted by atomic mass is 9.92. The first-order chi connectivity index (χ1) is 17.8. The van der Waals surface area contributed by atoms with Crippen LogP contribution in [0.15, 0.2) is 59.5 Å². The van der Waals surface area contributed by atoms with Gasteiger partial charge in [-0.1, -0.05) is 36.4 Å². The Kier molecular flexibility index (Phi) is 6.51. The van der Waals surface area contributed by atoms with Gasteiger partial charge in [0.25, 0.3) is 11.8 Å². The molecule has 192 valence electrons. The van der Waals surface area contributed by atoms with Crippen molar-refractivity contribution in [1.82, 2.24) is 14.8 Å². The zero-order valence-electron chi connectivity index (χ0n) is 20.1. The van der Waals surface area contributed by atoms with Crippen molar-refractivity contribution in [2.45, 2.75) is 31.7 Å². The number of rotatable bonds is 6. The van der Waals surface area contributed by atoms with Gasteiger partial charge in [0, 0.05) is 44.6 Å². The van der Waals surface area contributed by atoms with Gasteiger partial charge >= 0.3 is 0 Å². The zero-order chi connectivity index (χ0) is 26.2. The quantitative estimate of drug-likeness (QED) is 0.552. The predicted octanol–water partition coefficient (Wildman–Crippen LogP) is 2.88. The van der Waals surface area contributed by atoms with Crippen LogP contribution in [0.2, 0.25) is 0 Å². The molecule has 1 atom stereocenters. The minimum atomic E-state index is -0.814. The first-order valence-corrected chi connectivity index (χ1v) is 11.8. The molecule has 0 saturated carbocycles. The van der Waals surface area contributed by atoms with E-state index < -0.39 is 34.4 Å². The van der Waals surface area contributed by atoms with Crippen molar-refractivity contribution >= 4 is 11.8 Å². The van der Waals surface area contributed by atoms with E-state index in [0.717, 1.165) is 17.7 Å². The Morgan fingerprint density at radius 2 is 1.95 bits per heavy atom. The first-order valence-electron chi connectivity index (χ1n) is 11.8. The van der Waals surface area contributed by atoms with Crippen LogP contribution in [0.4, 0.5) is 8.78 Å². The monoisotopic (exact) mass is 509 g/mol. The van der Waals surface area contributed by atoms with E-state index >= 15 is 0 Å². The maximum Gasteiger partial charge on any atom is 0.274 e. The molecule has 0 aliphatic carbocycles. The lowest BCUT2D eigenvalue weighted by Crippen LogP contribution is -2.57. The summed E-state index contributed by atoms with van der Waals surface area (Å²) >= 11 is 0. The number of pyridine rings is 1. The summed E-state index contributed by atoms with van der Waals surface area (Å²) < 4.78 is 40.3. The maximum absolute atomic E-state index is 14.1. The Balaban J connectivity index is 1.52. The number of nitrogens with zero attached hydrogens (tertiary/aromatic N) is 2. The average Bonchev–Trinajstić information content (AvgIpc) is 3.36. The number of carbonyl (C=O) groups excluding carboxylic acids is 2. The molecule has 1 fully saturated rings. The third-order valence-electron chi connectivity index (χ3n) is 6.93. The van der Waals surface area contributed by atoms with Crippen molar-refractivity contribution in [2.24, 2.45) is 0 Å². The molecule has 2 amide bonds. The predicted molar refractivity (Wildman–Crippen MR) is 129 cm³/mol. The van der Waals surface area contributed by atoms with E-state index in [0.29, 0.717) is 26.2 Å². The van der Waals surface area contributed by atoms with E-state index in [1.54, 1.807) is 16.5 Å². The van der Waals surface area contributed by atoms with Crippen LogP contribution in [0.3, 0.4) is 0 Å². The van der Waals surface area contributed by atoms with Crippen molar-refractivity contribution in [1.29, 1.82) is 0 Å². The Hall–Kier alpha value is -4.05. The van der Waals surface area contributed by atoms with Crippen LogP contribution in [0.5, 0.6) is 5.75 Å². The highest BCUT2D eigenvalue weighted by atomic mass is 19.1. The van der Waals surface area contributed by atoms with Gasteiger partial charge in [-0.15, -0.1) is 0 Å². The molecule has 10 heteroatoms. The summed E-state index contributed by atoms with van der Waals surface area (Å²) in [7, 11) is 1.67. The second-order valence-corrected chi connectivity index (χ2v) is 9.26. The summed E-state index contributed by atoms with van der Waals surface area (Å²) in [5, 5.41) is 2.51. The lowest BCUT2D eigenvalue weighted by Gasteiger charge is -2.43. The molecule has 5 rings (SSSR count). The highest BCUT2D eigenvalue weighted by Gasteiger charge is 2.47. The molecule has 1 N–H and O–H groups in total. The highest BCUT2D eigenvalue weighted by molar-refractivity contribution is 5.99. The standard InChI is InChI=1S/C27H25F2N3O5/c1-31-26(35)22-24(37-14-17-5-3-2-4-6-17)23(33)20(13-32(22)15-27(31)9-10-36-16-27)25(34)30-12-18-7-8-19(28)11-21(18)29/h2-8,11,13H,9-10,12,14-16H2,1H3,(H,30,34). The summed E-state index contributed by atoms with van der Waals surface area (Å²) in [6.45, 7) is 0.874. The van der Waals surface area contributed by atoms with Crippen LogP contribution in [-0.4, -0.2) is 47.1 Å². The average molecular weight is 510 g/mol. The summed E-state index contributed by atoms with van der Waals surface area (Å²) in [5.74, 6) is -2.95. The second-order valence-electron chi connectivity index (χ2n) is 9.26. The number of nitrogens with one attached hydrogen (secondary N) is 1. The molecule has 2 aromatic carbocycles. The van der Waals surface area contributed by atoms with Gasteiger partial charge in [0.1, 0.15) is 23.8 Å². The molecule has 0 radical (unpaired) electrons. The van der Waals surface area contributed by atoms with E-state index in [2.05, 4.69) is 5.32 Å². The third-order valence-corrected chi connectivity index (χ3v) is 6.93. The smallest absolute Gasteiger partial charge is 0.274 e. The van der Waals surface area contributed by atoms with Crippen LogP contribution in [0.25, 0.3) is 0 Å². The fraction of sp³-hybridized carbons (Fsp3) is 0.296. The number of hydrogen-bond donors (Lipinski definition) is 1. The topological polar surface area (TPSA) is 89.9 Å². The zero-order valence-corrected chi connectivity index (χ0v) is 20.1. The van der Waals surface area contributed by atoms with E-state index in [9.17, 15) is 23.2 Å². The Morgan fingerprint density at radius 1 is 1.16 bits per heavy atom. The Morgan fingerprint density at radius 3 is 2.65 bits per heavy atom. The van der Waals surface area contributed by atoms with Crippen LogP contribution >= 0.6 is 0 Å². The Bertz CT molecular complexity index is 1420. The fourth-order valence-electron chi connectivity index (χ4n) is 4.73. The van der Waals surface area contributed by atoms with Gasteiger partial charge in [-0.25, -0.2) is 8.78 Å². The molecule has 2 aliphatic heterocycles. The number of fused-ring (bicyclic) bond motifs is 1. The van der Waals surface area contributed by atoms with Gasteiger partial charge in [-0.2, -0.15) is 0 Å². The molecule has 3 heterocycles. The van der Waals surface area contributed by atoms with Crippen molar-refractivity contribution in [3.63, 3.8) is 0 Å². The number of ether oxygens (including phenoxy) is 2. The summed E-state index contributed by atoms with van der Waals surface area (Å²) in [4.78, 5) is 41.6. The minimum Gasteiger partial charge on any atom is -0.483 e. The first kappa shape index (κ1) is 24.6. The molecule has 2 aliphatic rings.